The molecule has 11 heteroatoms. The average Bonchev–Trinajstić information content (AvgIpc) is 2.54. The molecule has 0 radical (unpaired) electrons. The van der Waals surface area contributed by atoms with Gasteiger partial charge in [0.05, 0.1) is 6.42 Å². The first-order chi connectivity index (χ1) is 12.8. The quantitative estimate of drug-likeness (QED) is 0.639. The summed E-state index contributed by atoms with van der Waals surface area (Å²) in [7, 11) is 0. The number of hydrogen-bond acceptors (Lipinski definition) is 3. The molecule has 1 aromatic carbocycles. The lowest BCUT2D eigenvalue weighted by Gasteiger charge is -2.33. The van der Waals surface area contributed by atoms with Crippen molar-refractivity contribution in [2.24, 2.45) is 0 Å². The van der Waals surface area contributed by atoms with Gasteiger partial charge in [-0.25, -0.2) is 0 Å². The zero-order valence-corrected chi connectivity index (χ0v) is 15.7. The van der Waals surface area contributed by atoms with Gasteiger partial charge in [0.15, 0.2) is 0 Å². The van der Waals surface area contributed by atoms with Crippen LogP contribution in [0.2, 0.25) is 0 Å². The highest BCUT2D eigenvalue weighted by molar-refractivity contribution is 9.10. The van der Waals surface area contributed by atoms with Gasteiger partial charge in [0.2, 0.25) is 5.91 Å². The monoisotopic (exact) mass is 470 g/mol. The summed E-state index contributed by atoms with van der Waals surface area (Å²) < 4.78 is 78.7. The third-order valence-corrected chi connectivity index (χ3v) is 4.32. The predicted octanol–water partition coefficient (Wildman–Crippen LogP) is 4.65. The Balaban J connectivity index is 2.26. The van der Waals surface area contributed by atoms with E-state index in [1.807, 2.05) is 0 Å². The van der Waals surface area contributed by atoms with Gasteiger partial charge in [-0.15, -0.1) is 0 Å². The lowest BCUT2D eigenvalue weighted by Crippen LogP contribution is -2.54. The van der Waals surface area contributed by atoms with Crippen molar-refractivity contribution in [2.75, 3.05) is 5.32 Å². The number of anilines is 1. The lowest BCUT2D eigenvalue weighted by molar-refractivity contribution is -0.376. The fraction of sp³-hybridized carbons (Fsp3) is 0.294. The molecule has 0 fully saturated rings. The molecular formula is C17H13BrF6N2O2. The molecule has 0 atom stereocenters. The zero-order chi connectivity index (χ0) is 21.3. The van der Waals surface area contributed by atoms with E-state index < -0.39 is 35.0 Å². The van der Waals surface area contributed by atoms with Gasteiger partial charge >= 0.3 is 12.4 Å². The van der Waals surface area contributed by atoms with Gasteiger partial charge in [-0.05, 0) is 52.7 Å². The van der Waals surface area contributed by atoms with Crippen LogP contribution in [0.25, 0.3) is 0 Å². The number of halogens is 7. The fourth-order valence-corrected chi connectivity index (χ4v) is 2.73. The number of hydrogen-bond donors (Lipinski definition) is 2. The van der Waals surface area contributed by atoms with Crippen molar-refractivity contribution in [3.8, 4) is 0 Å². The molecule has 2 aromatic rings. The Labute approximate surface area is 163 Å². The highest BCUT2D eigenvalue weighted by atomic mass is 79.9. The van der Waals surface area contributed by atoms with Crippen LogP contribution >= 0.6 is 15.9 Å². The summed E-state index contributed by atoms with van der Waals surface area (Å²) >= 11 is 3.18. The maximum atomic E-state index is 13.0. The van der Waals surface area contributed by atoms with E-state index >= 15 is 0 Å². The number of aromatic nitrogens is 1. The van der Waals surface area contributed by atoms with Gasteiger partial charge in [-0.3, -0.25) is 9.78 Å². The second-order valence-electron chi connectivity index (χ2n) is 5.93. The summed E-state index contributed by atoms with van der Waals surface area (Å²) in [5, 5.41) is 11.8. The molecule has 2 N–H and O–H groups in total. The number of benzene rings is 1. The van der Waals surface area contributed by atoms with Crippen molar-refractivity contribution in [1.29, 1.82) is 0 Å². The topological polar surface area (TPSA) is 62.2 Å². The highest BCUT2D eigenvalue weighted by Gasteiger charge is 2.71. The van der Waals surface area contributed by atoms with Crippen LogP contribution in [0.1, 0.15) is 16.8 Å². The van der Waals surface area contributed by atoms with E-state index in [1.165, 1.54) is 6.20 Å². The van der Waals surface area contributed by atoms with E-state index in [2.05, 4.69) is 26.2 Å². The molecule has 0 saturated carbocycles. The molecule has 1 heterocycles. The normalized spacial score (nSPS) is 12.8. The second kappa shape index (κ2) is 7.70. The Morgan fingerprint density at radius 2 is 1.71 bits per heavy atom. The molecule has 0 bridgehead atoms. The van der Waals surface area contributed by atoms with Crippen LogP contribution in [0.5, 0.6) is 0 Å². The van der Waals surface area contributed by atoms with Crippen LogP contribution < -0.4 is 5.32 Å². The molecule has 0 spiro atoms. The van der Waals surface area contributed by atoms with E-state index in [9.17, 15) is 36.2 Å². The van der Waals surface area contributed by atoms with E-state index in [4.69, 9.17) is 0 Å². The van der Waals surface area contributed by atoms with Gasteiger partial charge in [0.1, 0.15) is 0 Å². The molecule has 4 nitrogen and oxygen atoms in total. The Morgan fingerprint density at radius 1 is 1.11 bits per heavy atom. The standard InChI is InChI=1S/C17H13BrF6N2O2/c1-9-6-12(26-14(27)7-11-3-2-10(18)8-25-11)4-5-13(9)15(28,16(19,20)21)17(22,23)24/h2-6,8,28H,7H2,1H3,(H,26,27). The van der Waals surface area contributed by atoms with E-state index in [0.717, 1.165) is 19.1 Å². The van der Waals surface area contributed by atoms with Crippen LogP contribution in [0.15, 0.2) is 41.0 Å². The Hall–Kier alpha value is -2.14. The number of aryl methyl sites for hydroxylation is 1. The van der Waals surface area contributed by atoms with Crippen LogP contribution in [-0.2, 0) is 16.8 Å². The maximum absolute atomic E-state index is 13.0. The van der Waals surface area contributed by atoms with Crippen molar-refractivity contribution in [2.45, 2.75) is 31.3 Å². The Kier molecular flexibility index (Phi) is 6.10. The molecule has 0 aliphatic carbocycles. The molecule has 2 rings (SSSR count). The average molecular weight is 471 g/mol. The number of carbonyl (C=O) groups is 1. The maximum Gasteiger partial charge on any atom is 0.430 e. The van der Waals surface area contributed by atoms with Crippen LogP contribution in [0.3, 0.4) is 0 Å². The number of nitrogens with zero attached hydrogens (tertiary/aromatic N) is 1. The number of aliphatic hydroxyl groups is 1. The number of pyridine rings is 1. The molecule has 0 unspecified atom stereocenters. The number of nitrogens with one attached hydrogen (secondary N) is 1. The SMILES string of the molecule is Cc1cc(NC(=O)Cc2ccc(Br)cn2)ccc1C(O)(C(F)(F)F)C(F)(F)F. The molecule has 1 aromatic heterocycles. The molecular weight excluding hydrogens is 458 g/mol. The fourth-order valence-electron chi connectivity index (χ4n) is 2.49. The molecule has 0 aliphatic rings. The summed E-state index contributed by atoms with van der Waals surface area (Å²) in [4.78, 5) is 16.0. The van der Waals surface area contributed by atoms with Gasteiger partial charge in [0.25, 0.3) is 5.60 Å². The predicted molar refractivity (Wildman–Crippen MR) is 91.5 cm³/mol. The first-order valence-corrected chi connectivity index (χ1v) is 8.42. The van der Waals surface area contributed by atoms with Crippen LogP contribution in [0, 0.1) is 6.92 Å². The summed E-state index contributed by atoms with van der Waals surface area (Å²) in [5.74, 6) is -0.566. The highest BCUT2D eigenvalue weighted by Crippen LogP contribution is 2.51. The zero-order valence-electron chi connectivity index (χ0n) is 14.1. The lowest BCUT2D eigenvalue weighted by atomic mass is 9.88. The number of amides is 1. The number of rotatable bonds is 4. The van der Waals surface area contributed by atoms with Crippen molar-refractivity contribution in [1.82, 2.24) is 4.98 Å². The first-order valence-electron chi connectivity index (χ1n) is 7.63. The molecule has 28 heavy (non-hydrogen) atoms. The molecule has 0 saturated heterocycles. The van der Waals surface area contributed by atoms with Crippen molar-refractivity contribution in [3.05, 3.63) is 57.8 Å². The second-order valence-corrected chi connectivity index (χ2v) is 6.84. The summed E-state index contributed by atoms with van der Waals surface area (Å²) in [5.41, 5.74) is -6.47. The van der Waals surface area contributed by atoms with Gasteiger partial charge < -0.3 is 10.4 Å². The van der Waals surface area contributed by atoms with Crippen molar-refractivity contribution in [3.63, 3.8) is 0 Å². The molecule has 1 amide bonds. The summed E-state index contributed by atoms with van der Waals surface area (Å²) in [6, 6.07) is 5.50. The van der Waals surface area contributed by atoms with Gasteiger partial charge in [-0.2, -0.15) is 26.3 Å². The smallest absolute Gasteiger partial charge is 0.369 e. The minimum Gasteiger partial charge on any atom is -0.369 e. The van der Waals surface area contributed by atoms with Crippen molar-refractivity contribution < 1.29 is 36.2 Å². The summed E-state index contributed by atoms with van der Waals surface area (Å²) in [6.07, 6.45) is -10.6. The van der Waals surface area contributed by atoms with Gasteiger partial charge in [-0.1, -0.05) is 6.07 Å². The van der Waals surface area contributed by atoms with Crippen LogP contribution in [-0.4, -0.2) is 28.4 Å². The number of alkyl halides is 6. The largest absolute Gasteiger partial charge is 0.430 e. The minimum absolute atomic E-state index is 0.0185. The molecule has 0 aliphatic heterocycles. The third-order valence-electron chi connectivity index (χ3n) is 3.85. The number of carbonyl (C=O) groups excluding carboxylic acids is 1. The summed E-state index contributed by atoms with van der Waals surface area (Å²) in [6.45, 7) is 0.976. The minimum atomic E-state index is -5.98. The molecule has 152 valence electrons. The van der Waals surface area contributed by atoms with E-state index in [1.54, 1.807) is 12.1 Å². The first kappa shape index (κ1) is 22.2. The van der Waals surface area contributed by atoms with Crippen molar-refractivity contribution >= 4 is 27.5 Å². The van der Waals surface area contributed by atoms with Gasteiger partial charge in [0, 0.05) is 27.6 Å². The Morgan fingerprint density at radius 3 is 2.18 bits per heavy atom. The van der Waals surface area contributed by atoms with E-state index in [0.29, 0.717) is 16.2 Å². The van der Waals surface area contributed by atoms with E-state index in [-0.39, 0.29) is 12.1 Å². The third kappa shape index (κ3) is 4.46. The Bertz CT molecular complexity index is 851. The van der Waals surface area contributed by atoms with Crippen LogP contribution in [0.4, 0.5) is 32.0 Å².